The first-order valence-corrected chi connectivity index (χ1v) is 9.08. The average molecular weight is 350 g/mol. The molecule has 1 aromatic carbocycles. The van der Waals surface area contributed by atoms with Crippen LogP contribution in [-0.4, -0.2) is 43.9 Å². The normalized spacial score (nSPS) is 17.4. The van der Waals surface area contributed by atoms with Gasteiger partial charge in [-0.1, -0.05) is 12.1 Å². The van der Waals surface area contributed by atoms with Gasteiger partial charge in [0, 0.05) is 24.5 Å². The number of amides is 2. The van der Waals surface area contributed by atoms with E-state index >= 15 is 0 Å². The molecule has 26 heavy (non-hydrogen) atoms. The fraction of sp³-hybridized carbons (Fsp3) is 0.368. The van der Waals surface area contributed by atoms with Crippen molar-refractivity contribution in [3.05, 3.63) is 48.3 Å². The van der Waals surface area contributed by atoms with Crippen LogP contribution in [0.3, 0.4) is 0 Å². The summed E-state index contributed by atoms with van der Waals surface area (Å²) in [6.45, 7) is 0.785. The maximum Gasteiger partial charge on any atom is 0.322 e. The van der Waals surface area contributed by atoms with Crippen LogP contribution < -0.4 is 5.32 Å². The number of aromatic amines is 1. The highest BCUT2D eigenvalue weighted by Crippen LogP contribution is 2.24. The first kappa shape index (κ1) is 16.5. The van der Waals surface area contributed by atoms with Gasteiger partial charge in [0.25, 0.3) is 0 Å². The summed E-state index contributed by atoms with van der Waals surface area (Å²) in [6, 6.07) is 11.7. The first-order valence-electron chi connectivity index (χ1n) is 9.08. The van der Waals surface area contributed by atoms with E-state index in [4.69, 9.17) is 0 Å². The molecule has 1 aliphatic heterocycles. The molecule has 0 saturated carbocycles. The third-order valence-electron chi connectivity index (χ3n) is 4.94. The molecule has 2 amide bonds. The Morgan fingerprint density at radius 2 is 2.15 bits per heavy atom. The Labute approximate surface area is 151 Å². The Bertz CT molecular complexity index is 878. The van der Waals surface area contributed by atoms with E-state index in [2.05, 4.69) is 25.7 Å². The van der Waals surface area contributed by atoms with Crippen molar-refractivity contribution in [3.8, 4) is 0 Å². The number of anilines is 1. The third kappa shape index (κ3) is 3.51. The van der Waals surface area contributed by atoms with Gasteiger partial charge in [0.1, 0.15) is 11.0 Å². The van der Waals surface area contributed by atoms with Crippen LogP contribution in [0, 0.1) is 0 Å². The van der Waals surface area contributed by atoms with Gasteiger partial charge in [-0.3, -0.25) is 4.98 Å². The van der Waals surface area contributed by atoms with Gasteiger partial charge in [-0.25, -0.2) is 4.79 Å². The second kappa shape index (κ2) is 7.51. The molecule has 4 rings (SSSR count). The molecule has 1 saturated heterocycles. The Hall–Kier alpha value is -2.96. The number of aromatic nitrogens is 4. The SMILES string of the molecule is O=C(Nc1cccc2n[nH]nc12)N1CCCC[C@@H]1CCc1ccccn1. The molecule has 0 bridgehead atoms. The van der Waals surface area contributed by atoms with E-state index < -0.39 is 0 Å². The van der Waals surface area contributed by atoms with Gasteiger partial charge < -0.3 is 10.2 Å². The second-order valence-electron chi connectivity index (χ2n) is 6.63. The highest BCUT2D eigenvalue weighted by Gasteiger charge is 2.27. The minimum absolute atomic E-state index is 0.0637. The van der Waals surface area contributed by atoms with E-state index in [1.54, 1.807) is 0 Å². The summed E-state index contributed by atoms with van der Waals surface area (Å²) >= 11 is 0. The Balaban J connectivity index is 1.45. The summed E-state index contributed by atoms with van der Waals surface area (Å²) in [7, 11) is 0. The summed E-state index contributed by atoms with van der Waals surface area (Å²) in [6.07, 6.45) is 6.87. The molecule has 1 atom stereocenters. The number of urea groups is 1. The van der Waals surface area contributed by atoms with Crippen LogP contribution in [0.2, 0.25) is 0 Å². The molecule has 7 nitrogen and oxygen atoms in total. The van der Waals surface area contributed by atoms with E-state index in [1.165, 1.54) is 0 Å². The molecule has 2 aromatic heterocycles. The maximum absolute atomic E-state index is 12.9. The van der Waals surface area contributed by atoms with Crippen LogP contribution in [0.1, 0.15) is 31.4 Å². The number of rotatable bonds is 4. The first-order chi connectivity index (χ1) is 12.8. The summed E-state index contributed by atoms with van der Waals surface area (Å²) in [4.78, 5) is 19.3. The topological polar surface area (TPSA) is 86.8 Å². The van der Waals surface area contributed by atoms with E-state index in [0.717, 1.165) is 49.9 Å². The Morgan fingerprint density at radius 1 is 1.19 bits per heavy atom. The molecule has 1 aliphatic rings. The zero-order chi connectivity index (χ0) is 17.8. The monoisotopic (exact) mass is 350 g/mol. The molecular weight excluding hydrogens is 328 g/mol. The summed E-state index contributed by atoms with van der Waals surface area (Å²) in [5.74, 6) is 0. The number of carbonyl (C=O) groups excluding carboxylic acids is 1. The van der Waals surface area contributed by atoms with Gasteiger partial charge in [-0.2, -0.15) is 15.4 Å². The number of fused-ring (bicyclic) bond motifs is 1. The number of aryl methyl sites for hydroxylation is 1. The van der Waals surface area contributed by atoms with Crippen LogP contribution in [0.5, 0.6) is 0 Å². The molecule has 0 unspecified atom stereocenters. The maximum atomic E-state index is 12.9. The smallest absolute Gasteiger partial charge is 0.322 e. The molecule has 3 heterocycles. The molecule has 2 N–H and O–H groups in total. The number of para-hydroxylation sites is 1. The van der Waals surface area contributed by atoms with Crippen molar-refractivity contribution in [2.24, 2.45) is 0 Å². The van der Waals surface area contributed by atoms with Crippen molar-refractivity contribution in [2.45, 2.75) is 38.1 Å². The summed E-state index contributed by atoms with van der Waals surface area (Å²) in [5.41, 5.74) is 3.19. The van der Waals surface area contributed by atoms with Gasteiger partial charge in [0.05, 0.1) is 5.69 Å². The predicted octanol–water partition coefficient (Wildman–Crippen LogP) is 3.37. The molecule has 7 heteroatoms. The Morgan fingerprint density at radius 3 is 3.04 bits per heavy atom. The number of pyridine rings is 1. The fourth-order valence-electron chi connectivity index (χ4n) is 3.58. The number of H-pyrrole nitrogens is 1. The van der Waals surface area contributed by atoms with Gasteiger partial charge in [0.2, 0.25) is 0 Å². The number of likely N-dealkylation sites (tertiary alicyclic amines) is 1. The van der Waals surface area contributed by atoms with Gasteiger partial charge in [-0.05, 0) is 56.4 Å². The zero-order valence-corrected chi connectivity index (χ0v) is 14.6. The minimum atomic E-state index is -0.0637. The molecule has 1 fully saturated rings. The average Bonchev–Trinajstić information content (AvgIpc) is 3.17. The van der Waals surface area contributed by atoms with Gasteiger partial charge in [-0.15, -0.1) is 0 Å². The largest absolute Gasteiger partial charge is 0.322 e. The lowest BCUT2D eigenvalue weighted by molar-refractivity contribution is 0.158. The standard InChI is InChI=1S/C19H22N6O/c26-19(21-16-8-5-9-17-18(16)23-24-22-17)25-13-4-2-7-15(25)11-10-14-6-1-3-12-20-14/h1,3,5-6,8-9,12,15H,2,4,7,10-11,13H2,(H,21,26)(H,22,23,24)/t15-/m1/s1. The predicted molar refractivity (Wildman–Crippen MR) is 99.8 cm³/mol. The Kier molecular flexibility index (Phi) is 4.77. The number of nitrogens with zero attached hydrogens (tertiary/aromatic N) is 4. The zero-order valence-electron chi connectivity index (χ0n) is 14.6. The summed E-state index contributed by atoms with van der Waals surface area (Å²) in [5, 5.41) is 13.8. The number of hydrogen-bond acceptors (Lipinski definition) is 4. The highest BCUT2D eigenvalue weighted by atomic mass is 16.2. The van der Waals surface area contributed by atoms with E-state index in [-0.39, 0.29) is 12.1 Å². The van der Waals surface area contributed by atoms with Crippen molar-refractivity contribution < 1.29 is 4.79 Å². The van der Waals surface area contributed by atoms with Crippen LogP contribution >= 0.6 is 0 Å². The molecule has 3 aromatic rings. The molecule has 134 valence electrons. The van der Waals surface area contributed by atoms with Crippen LogP contribution in [0.4, 0.5) is 10.5 Å². The molecule has 0 radical (unpaired) electrons. The van der Waals surface area contributed by atoms with E-state index in [1.807, 2.05) is 47.5 Å². The minimum Gasteiger partial charge on any atom is -0.322 e. The number of nitrogens with one attached hydrogen (secondary N) is 2. The van der Waals surface area contributed by atoms with Gasteiger partial charge >= 0.3 is 6.03 Å². The number of piperidine rings is 1. The van der Waals surface area contributed by atoms with Crippen LogP contribution in [-0.2, 0) is 6.42 Å². The van der Waals surface area contributed by atoms with Crippen LogP contribution in [0.15, 0.2) is 42.6 Å². The number of hydrogen-bond donors (Lipinski definition) is 2. The lowest BCUT2D eigenvalue weighted by Gasteiger charge is -2.35. The molecular formula is C19H22N6O. The number of carbonyl (C=O) groups is 1. The fourth-order valence-corrected chi connectivity index (χ4v) is 3.58. The third-order valence-corrected chi connectivity index (χ3v) is 4.94. The lowest BCUT2D eigenvalue weighted by Crippen LogP contribution is -2.46. The van der Waals surface area contributed by atoms with Gasteiger partial charge in [0.15, 0.2) is 0 Å². The van der Waals surface area contributed by atoms with Crippen LogP contribution in [0.25, 0.3) is 11.0 Å². The van der Waals surface area contributed by atoms with Crippen molar-refractivity contribution in [1.82, 2.24) is 25.3 Å². The quantitative estimate of drug-likeness (QED) is 0.755. The highest BCUT2D eigenvalue weighted by molar-refractivity contribution is 5.98. The second-order valence-corrected chi connectivity index (χ2v) is 6.63. The van der Waals surface area contributed by atoms with Crippen molar-refractivity contribution in [3.63, 3.8) is 0 Å². The van der Waals surface area contributed by atoms with E-state index in [0.29, 0.717) is 11.2 Å². The van der Waals surface area contributed by atoms with Crippen molar-refractivity contribution in [1.29, 1.82) is 0 Å². The van der Waals surface area contributed by atoms with Crippen molar-refractivity contribution in [2.75, 3.05) is 11.9 Å². The number of benzene rings is 1. The summed E-state index contributed by atoms with van der Waals surface area (Å²) < 4.78 is 0. The molecule has 0 spiro atoms. The van der Waals surface area contributed by atoms with E-state index in [9.17, 15) is 4.79 Å². The van der Waals surface area contributed by atoms with Crippen molar-refractivity contribution >= 4 is 22.8 Å². The molecule has 0 aliphatic carbocycles. The lowest BCUT2D eigenvalue weighted by atomic mass is 9.97.